The Balaban J connectivity index is 1.64. The maximum Gasteiger partial charge on any atom is 0.0791 e. The molecular weight excluding hydrogens is 232 g/mol. The van der Waals surface area contributed by atoms with Crippen LogP contribution in [0.3, 0.4) is 0 Å². The van der Waals surface area contributed by atoms with Gasteiger partial charge in [-0.05, 0) is 6.42 Å². The van der Waals surface area contributed by atoms with Crippen molar-refractivity contribution in [1.82, 2.24) is 10.2 Å². The lowest BCUT2D eigenvalue weighted by Crippen LogP contribution is -2.61. The topological polar surface area (TPSA) is 65.0 Å². The van der Waals surface area contributed by atoms with Crippen LogP contribution in [-0.2, 0) is 4.74 Å². The summed E-state index contributed by atoms with van der Waals surface area (Å²) in [6.07, 6.45) is 0.222. The van der Waals surface area contributed by atoms with Crippen LogP contribution in [0.5, 0.6) is 0 Å². The van der Waals surface area contributed by atoms with Crippen LogP contribution in [0.1, 0.15) is 20.3 Å². The number of hydrogen-bond donors (Lipinski definition) is 3. The first-order valence-electron chi connectivity index (χ1n) is 6.90. The molecule has 2 fully saturated rings. The fourth-order valence-corrected chi connectivity index (χ4v) is 2.67. The lowest BCUT2D eigenvalue weighted by Gasteiger charge is -2.50. The molecule has 3 N–H and O–H groups in total. The van der Waals surface area contributed by atoms with E-state index in [0.717, 1.165) is 32.7 Å². The highest BCUT2D eigenvalue weighted by atomic mass is 16.5. The first-order chi connectivity index (χ1) is 8.50. The number of rotatable bonds is 5. The molecule has 0 spiro atoms. The summed E-state index contributed by atoms with van der Waals surface area (Å²) < 4.78 is 5.28. The van der Waals surface area contributed by atoms with Crippen molar-refractivity contribution in [3.8, 4) is 0 Å². The molecule has 0 amide bonds. The molecule has 1 aliphatic carbocycles. The smallest absolute Gasteiger partial charge is 0.0791 e. The predicted molar refractivity (Wildman–Crippen MR) is 69.5 cm³/mol. The van der Waals surface area contributed by atoms with Gasteiger partial charge in [0.2, 0.25) is 0 Å². The van der Waals surface area contributed by atoms with Crippen LogP contribution in [0.4, 0.5) is 0 Å². The molecule has 1 saturated carbocycles. The molecule has 1 aliphatic heterocycles. The Morgan fingerprint density at radius 3 is 2.61 bits per heavy atom. The van der Waals surface area contributed by atoms with E-state index in [2.05, 4.69) is 24.1 Å². The van der Waals surface area contributed by atoms with E-state index >= 15 is 0 Å². The molecular formula is C13H26N2O3. The van der Waals surface area contributed by atoms with Crippen LogP contribution in [-0.4, -0.2) is 72.8 Å². The summed E-state index contributed by atoms with van der Waals surface area (Å²) in [4.78, 5) is 2.23. The van der Waals surface area contributed by atoms with Crippen molar-refractivity contribution in [3.63, 3.8) is 0 Å². The van der Waals surface area contributed by atoms with E-state index in [9.17, 15) is 10.2 Å². The van der Waals surface area contributed by atoms with Gasteiger partial charge < -0.3 is 20.3 Å². The Hall–Kier alpha value is -0.200. The number of hydrogen-bond acceptors (Lipinski definition) is 5. The molecule has 5 heteroatoms. The molecule has 5 nitrogen and oxygen atoms in total. The summed E-state index contributed by atoms with van der Waals surface area (Å²) in [5.74, 6) is 0. The number of aliphatic hydroxyl groups excluding tert-OH is 2. The second-order valence-corrected chi connectivity index (χ2v) is 6.10. The first kappa shape index (κ1) is 14.2. The molecule has 2 aliphatic rings. The average Bonchev–Trinajstić information content (AvgIpc) is 2.35. The van der Waals surface area contributed by atoms with Crippen LogP contribution < -0.4 is 5.32 Å². The zero-order valence-corrected chi connectivity index (χ0v) is 11.4. The van der Waals surface area contributed by atoms with Gasteiger partial charge in [-0.3, -0.25) is 4.90 Å². The zero-order chi connectivity index (χ0) is 13.2. The molecule has 106 valence electrons. The summed E-state index contributed by atoms with van der Waals surface area (Å²) in [5.41, 5.74) is -0.0707. The molecule has 3 unspecified atom stereocenters. The van der Waals surface area contributed by atoms with Crippen molar-refractivity contribution in [2.75, 3.05) is 39.4 Å². The number of nitrogens with zero attached hydrogens (tertiary/aromatic N) is 1. The standard InChI is InChI=1S/C13H26N2O3/c1-13(2)11(7-12(13)17)14-8-10(16)9-15-3-5-18-6-4-15/h10-12,14,16-17H,3-9H2,1-2H3. The Morgan fingerprint density at radius 2 is 2.06 bits per heavy atom. The number of β-amino-alcohol motifs (C(OH)–C–C–N with tert-alkyl or cyclic N) is 1. The fourth-order valence-electron chi connectivity index (χ4n) is 2.67. The van der Waals surface area contributed by atoms with E-state index in [-0.39, 0.29) is 17.6 Å². The van der Waals surface area contributed by atoms with E-state index in [1.165, 1.54) is 0 Å². The summed E-state index contributed by atoms with van der Waals surface area (Å²) >= 11 is 0. The fraction of sp³-hybridized carbons (Fsp3) is 1.00. The molecule has 0 aromatic carbocycles. The Labute approximate surface area is 109 Å². The molecule has 18 heavy (non-hydrogen) atoms. The highest BCUT2D eigenvalue weighted by Gasteiger charge is 2.46. The van der Waals surface area contributed by atoms with Crippen LogP contribution in [0.2, 0.25) is 0 Å². The van der Waals surface area contributed by atoms with Crippen molar-refractivity contribution >= 4 is 0 Å². The minimum absolute atomic E-state index is 0.0707. The maximum absolute atomic E-state index is 10.00. The quantitative estimate of drug-likeness (QED) is 0.616. The van der Waals surface area contributed by atoms with E-state index in [1.807, 2.05) is 0 Å². The number of ether oxygens (including phenoxy) is 1. The average molecular weight is 258 g/mol. The Bertz CT molecular complexity index is 267. The molecule has 0 bridgehead atoms. The normalized spacial score (nSPS) is 34.0. The zero-order valence-electron chi connectivity index (χ0n) is 11.4. The minimum Gasteiger partial charge on any atom is -0.392 e. The van der Waals surface area contributed by atoms with Gasteiger partial charge in [-0.15, -0.1) is 0 Å². The van der Waals surface area contributed by atoms with Gasteiger partial charge in [0.05, 0.1) is 25.4 Å². The van der Waals surface area contributed by atoms with Gasteiger partial charge in [0.1, 0.15) is 0 Å². The van der Waals surface area contributed by atoms with E-state index in [1.54, 1.807) is 0 Å². The van der Waals surface area contributed by atoms with E-state index in [4.69, 9.17) is 4.74 Å². The third kappa shape index (κ3) is 3.22. The third-order valence-corrected chi connectivity index (χ3v) is 4.39. The minimum atomic E-state index is -0.350. The predicted octanol–water partition coefficient (Wildman–Crippen LogP) is -0.571. The lowest BCUT2D eigenvalue weighted by molar-refractivity contribution is -0.0758. The van der Waals surface area contributed by atoms with Gasteiger partial charge in [0, 0.05) is 37.6 Å². The number of nitrogens with one attached hydrogen (secondary N) is 1. The van der Waals surface area contributed by atoms with Gasteiger partial charge in [-0.25, -0.2) is 0 Å². The Morgan fingerprint density at radius 1 is 1.39 bits per heavy atom. The van der Waals surface area contributed by atoms with Crippen LogP contribution in [0.25, 0.3) is 0 Å². The van der Waals surface area contributed by atoms with Crippen molar-refractivity contribution < 1.29 is 14.9 Å². The van der Waals surface area contributed by atoms with Crippen molar-refractivity contribution in [3.05, 3.63) is 0 Å². The molecule has 2 rings (SSSR count). The van der Waals surface area contributed by atoms with Crippen molar-refractivity contribution in [1.29, 1.82) is 0 Å². The van der Waals surface area contributed by atoms with Gasteiger partial charge in [0.15, 0.2) is 0 Å². The third-order valence-electron chi connectivity index (χ3n) is 4.39. The SMILES string of the molecule is CC1(C)C(O)CC1NCC(O)CN1CCOCC1. The van der Waals surface area contributed by atoms with Gasteiger partial charge in [-0.1, -0.05) is 13.8 Å². The molecule has 0 aromatic rings. The lowest BCUT2D eigenvalue weighted by atomic mass is 9.64. The van der Waals surface area contributed by atoms with Crippen molar-refractivity contribution in [2.45, 2.75) is 38.5 Å². The second kappa shape index (κ2) is 5.84. The number of morpholine rings is 1. The summed E-state index contributed by atoms with van der Waals surface area (Å²) in [7, 11) is 0. The highest BCUT2D eigenvalue weighted by Crippen LogP contribution is 2.40. The Kier molecular flexibility index (Phi) is 4.61. The molecule has 3 atom stereocenters. The van der Waals surface area contributed by atoms with E-state index < -0.39 is 0 Å². The van der Waals surface area contributed by atoms with Gasteiger partial charge in [-0.2, -0.15) is 0 Å². The van der Waals surface area contributed by atoms with E-state index in [0.29, 0.717) is 19.1 Å². The summed E-state index contributed by atoms with van der Waals surface area (Å²) in [6, 6.07) is 0.312. The van der Waals surface area contributed by atoms with Crippen molar-refractivity contribution in [2.24, 2.45) is 5.41 Å². The molecule has 1 saturated heterocycles. The monoisotopic (exact) mass is 258 g/mol. The van der Waals surface area contributed by atoms with Crippen LogP contribution in [0.15, 0.2) is 0 Å². The maximum atomic E-state index is 10.00. The van der Waals surface area contributed by atoms with Crippen LogP contribution >= 0.6 is 0 Å². The van der Waals surface area contributed by atoms with Gasteiger partial charge in [0.25, 0.3) is 0 Å². The second-order valence-electron chi connectivity index (χ2n) is 6.10. The first-order valence-corrected chi connectivity index (χ1v) is 6.90. The van der Waals surface area contributed by atoms with Crippen LogP contribution in [0, 0.1) is 5.41 Å². The molecule has 0 radical (unpaired) electrons. The van der Waals surface area contributed by atoms with Gasteiger partial charge >= 0.3 is 0 Å². The molecule has 0 aromatic heterocycles. The summed E-state index contributed by atoms with van der Waals surface area (Å²) in [5, 5.41) is 23.0. The largest absolute Gasteiger partial charge is 0.392 e. The number of aliphatic hydroxyl groups is 2. The summed E-state index contributed by atoms with van der Waals surface area (Å²) in [6.45, 7) is 8.77. The molecule has 1 heterocycles. The highest BCUT2D eigenvalue weighted by molar-refractivity contribution is 5.01.